The molecule has 0 saturated carbocycles. The molecule has 0 atom stereocenters. The topological polar surface area (TPSA) is 85.6 Å². The van der Waals surface area contributed by atoms with Crippen LogP contribution < -0.4 is 5.32 Å². The Balaban J connectivity index is 0.00000256. The lowest BCUT2D eigenvalue weighted by Gasteiger charge is -2.09. The van der Waals surface area contributed by atoms with Crippen molar-refractivity contribution in [3.05, 3.63) is 84.0 Å². The molecule has 3 heterocycles. The molecule has 0 spiro atoms. The van der Waals surface area contributed by atoms with E-state index in [9.17, 15) is 9.18 Å². The quantitative estimate of drug-likeness (QED) is 0.485. The maximum absolute atomic E-state index is 14.2. The van der Waals surface area contributed by atoms with Gasteiger partial charge in [0.2, 0.25) is 11.7 Å². The summed E-state index contributed by atoms with van der Waals surface area (Å²) in [7, 11) is 1.80. The number of carbonyl (C=O) groups excluding carboxylic acids is 1. The van der Waals surface area contributed by atoms with Crippen molar-refractivity contribution in [1.29, 1.82) is 0 Å². The van der Waals surface area contributed by atoms with E-state index in [1.54, 1.807) is 66.5 Å². The van der Waals surface area contributed by atoms with Gasteiger partial charge in [0.15, 0.2) is 5.82 Å². The fourth-order valence-corrected chi connectivity index (χ4v) is 2.81. The van der Waals surface area contributed by atoms with Gasteiger partial charge in [-0.2, -0.15) is 0 Å². The van der Waals surface area contributed by atoms with Crippen LogP contribution in [0.15, 0.2) is 61.1 Å². The number of pyridine rings is 1. The van der Waals surface area contributed by atoms with E-state index in [1.807, 2.05) is 6.92 Å². The molecule has 1 aromatic carbocycles. The van der Waals surface area contributed by atoms with Gasteiger partial charge in [0.25, 0.3) is 0 Å². The minimum atomic E-state index is -0.533. The molecule has 9 heteroatoms. The molecule has 0 aliphatic rings. The fourth-order valence-electron chi connectivity index (χ4n) is 2.81. The number of rotatable bonds is 5. The lowest BCUT2D eigenvalue weighted by atomic mass is 10.1. The minimum Gasteiger partial charge on any atom is -0.330 e. The first-order valence-corrected chi connectivity index (χ1v) is 8.87. The zero-order valence-corrected chi connectivity index (χ0v) is 17.0. The molecule has 0 aliphatic carbocycles. The SMILES string of the molecule is Cc1ncc(-c2nc(Nc3ccc(C(=O)c4ccccn4)cc3)ncc2F)n1C.Cl. The van der Waals surface area contributed by atoms with Gasteiger partial charge >= 0.3 is 0 Å². The number of nitrogens with zero attached hydrogens (tertiary/aromatic N) is 5. The third kappa shape index (κ3) is 4.18. The number of hydrogen-bond donors (Lipinski definition) is 1. The molecule has 0 bridgehead atoms. The second kappa shape index (κ2) is 8.79. The van der Waals surface area contributed by atoms with E-state index >= 15 is 0 Å². The van der Waals surface area contributed by atoms with E-state index in [0.717, 1.165) is 12.0 Å². The Labute approximate surface area is 178 Å². The number of ketones is 1. The van der Waals surface area contributed by atoms with Crippen LogP contribution >= 0.6 is 12.4 Å². The van der Waals surface area contributed by atoms with Gasteiger partial charge in [-0.1, -0.05) is 6.07 Å². The van der Waals surface area contributed by atoms with Gasteiger partial charge in [-0.3, -0.25) is 9.78 Å². The molecule has 0 radical (unpaired) electrons. The van der Waals surface area contributed by atoms with Gasteiger partial charge in [-0.05, 0) is 43.3 Å². The molecule has 4 rings (SSSR count). The molecule has 7 nitrogen and oxygen atoms in total. The highest BCUT2D eigenvalue weighted by Gasteiger charge is 2.15. The Morgan fingerprint density at radius 3 is 2.43 bits per heavy atom. The second-order valence-corrected chi connectivity index (χ2v) is 6.39. The van der Waals surface area contributed by atoms with E-state index in [-0.39, 0.29) is 29.8 Å². The molecule has 0 fully saturated rings. The lowest BCUT2D eigenvalue weighted by Crippen LogP contribution is -2.05. The van der Waals surface area contributed by atoms with Crippen molar-refractivity contribution < 1.29 is 9.18 Å². The van der Waals surface area contributed by atoms with Crippen molar-refractivity contribution in [3.63, 3.8) is 0 Å². The highest BCUT2D eigenvalue weighted by atomic mass is 35.5. The van der Waals surface area contributed by atoms with Crippen LogP contribution in [0.2, 0.25) is 0 Å². The molecule has 30 heavy (non-hydrogen) atoms. The summed E-state index contributed by atoms with van der Waals surface area (Å²) < 4.78 is 16.0. The normalized spacial score (nSPS) is 10.4. The monoisotopic (exact) mass is 424 g/mol. The average molecular weight is 425 g/mol. The van der Waals surface area contributed by atoms with Crippen molar-refractivity contribution in [3.8, 4) is 11.4 Å². The Morgan fingerprint density at radius 1 is 1.03 bits per heavy atom. The summed E-state index contributed by atoms with van der Waals surface area (Å²) in [6, 6.07) is 12.0. The number of halogens is 2. The van der Waals surface area contributed by atoms with Crippen LogP contribution in [0.3, 0.4) is 0 Å². The molecule has 0 amide bonds. The minimum absolute atomic E-state index is 0. The van der Waals surface area contributed by atoms with E-state index in [0.29, 0.717) is 22.6 Å². The zero-order chi connectivity index (χ0) is 20.4. The summed E-state index contributed by atoms with van der Waals surface area (Å²) in [5, 5.41) is 3.03. The van der Waals surface area contributed by atoms with Crippen LogP contribution in [-0.2, 0) is 7.05 Å². The lowest BCUT2D eigenvalue weighted by molar-refractivity contribution is 0.103. The second-order valence-electron chi connectivity index (χ2n) is 6.39. The number of benzene rings is 1. The van der Waals surface area contributed by atoms with Crippen molar-refractivity contribution in [2.45, 2.75) is 6.92 Å². The van der Waals surface area contributed by atoms with Crippen LogP contribution in [0.4, 0.5) is 16.0 Å². The fraction of sp³-hybridized carbons (Fsp3) is 0.0952. The number of nitrogens with one attached hydrogen (secondary N) is 1. The summed E-state index contributed by atoms with van der Waals surface area (Å²) in [6.45, 7) is 1.83. The Morgan fingerprint density at radius 2 is 1.80 bits per heavy atom. The summed E-state index contributed by atoms with van der Waals surface area (Å²) in [5.74, 6) is 0.295. The van der Waals surface area contributed by atoms with Crippen molar-refractivity contribution in [2.24, 2.45) is 7.05 Å². The van der Waals surface area contributed by atoms with Crippen molar-refractivity contribution in [2.75, 3.05) is 5.32 Å². The van der Waals surface area contributed by atoms with E-state index < -0.39 is 5.82 Å². The van der Waals surface area contributed by atoms with Crippen molar-refractivity contribution in [1.82, 2.24) is 24.5 Å². The van der Waals surface area contributed by atoms with Gasteiger partial charge in [-0.25, -0.2) is 19.3 Å². The first-order valence-electron chi connectivity index (χ1n) is 8.87. The Kier molecular flexibility index (Phi) is 6.17. The maximum atomic E-state index is 14.2. The van der Waals surface area contributed by atoms with Crippen LogP contribution in [0, 0.1) is 12.7 Å². The largest absolute Gasteiger partial charge is 0.330 e. The van der Waals surface area contributed by atoms with Gasteiger partial charge in [0.05, 0.1) is 18.1 Å². The van der Waals surface area contributed by atoms with Gasteiger partial charge in [0, 0.05) is 24.5 Å². The van der Waals surface area contributed by atoms with Crippen molar-refractivity contribution >= 4 is 29.8 Å². The first kappa shape index (κ1) is 21.1. The van der Waals surface area contributed by atoms with Gasteiger partial charge in [0.1, 0.15) is 17.2 Å². The highest BCUT2D eigenvalue weighted by Crippen LogP contribution is 2.23. The number of carbonyl (C=O) groups is 1. The highest BCUT2D eigenvalue weighted by molar-refractivity contribution is 6.07. The van der Waals surface area contributed by atoms with Crippen LogP contribution in [0.25, 0.3) is 11.4 Å². The molecular weight excluding hydrogens is 407 g/mol. The number of aromatic nitrogens is 5. The van der Waals surface area contributed by atoms with E-state index in [1.165, 1.54) is 0 Å². The Bertz CT molecular complexity index is 1180. The maximum Gasteiger partial charge on any atom is 0.227 e. The van der Waals surface area contributed by atoms with E-state index in [2.05, 4.69) is 25.3 Å². The third-order valence-electron chi connectivity index (χ3n) is 4.51. The predicted molar refractivity (Wildman–Crippen MR) is 114 cm³/mol. The Hall–Kier alpha value is -3.65. The molecule has 0 aliphatic heterocycles. The molecular formula is C21H18ClFN6O. The summed E-state index contributed by atoms with van der Waals surface area (Å²) >= 11 is 0. The first-order chi connectivity index (χ1) is 14.0. The molecule has 0 saturated heterocycles. The number of imidazole rings is 1. The smallest absolute Gasteiger partial charge is 0.227 e. The van der Waals surface area contributed by atoms with Crippen LogP contribution in [-0.4, -0.2) is 30.3 Å². The number of hydrogen-bond acceptors (Lipinski definition) is 6. The summed E-state index contributed by atoms with van der Waals surface area (Å²) in [6.07, 6.45) is 4.27. The number of anilines is 2. The van der Waals surface area contributed by atoms with Crippen LogP contribution in [0.5, 0.6) is 0 Å². The number of aryl methyl sites for hydroxylation is 1. The third-order valence-corrected chi connectivity index (χ3v) is 4.51. The zero-order valence-electron chi connectivity index (χ0n) is 16.2. The summed E-state index contributed by atoms with van der Waals surface area (Å²) in [4.78, 5) is 29.0. The average Bonchev–Trinajstić information content (AvgIpc) is 3.08. The molecule has 4 aromatic rings. The molecule has 1 N–H and O–H groups in total. The molecule has 3 aromatic heterocycles. The van der Waals surface area contributed by atoms with Gasteiger partial charge < -0.3 is 9.88 Å². The standard InChI is InChI=1S/C21H17FN6O.ClH/c1-13-24-12-18(28(13)2)19-16(22)11-25-21(27-19)26-15-8-6-14(7-9-15)20(29)17-5-3-4-10-23-17;/h3-12H,1-2H3,(H,25,26,27);1H. The molecule has 0 unspecified atom stereocenters. The predicted octanol–water partition coefficient (Wildman–Crippen LogP) is 4.12. The van der Waals surface area contributed by atoms with Crippen LogP contribution in [0.1, 0.15) is 21.9 Å². The van der Waals surface area contributed by atoms with Gasteiger partial charge in [-0.15, -0.1) is 12.4 Å². The molecule has 152 valence electrons. The van der Waals surface area contributed by atoms with E-state index in [4.69, 9.17) is 0 Å². The summed E-state index contributed by atoms with van der Waals surface area (Å²) in [5.41, 5.74) is 2.28.